The molecule has 20 heavy (non-hydrogen) atoms. The van der Waals surface area contributed by atoms with E-state index in [-0.39, 0.29) is 6.61 Å². The summed E-state index contributed by atoms with van der Waals surface area (Å²) < 4.78 is 5.94. The van der Waals surface area contributed by atoms with Gasteiger partial charge in [-0.15, -0.1) is 0 Å². The zero-order valence-corrected chi connectivity index (χ0v) is 14.4. The van der Waals surface area contributed by atoms with Crippen molar-refractivity contribution < 1.29 is 9.84 Å². The van der Waals surface area contributed by atoms with Crippen LogP contribution in [0.3, 0.4) is 0 Å². The monoisotopic (exact) mass is 420 g/mol. The van der Waals surface area contributed by atoms with Crippen LogP contribution in [0.25, 0.3) is 11.3 Å². The second kappa shape index (κ2) is 6.95. The van der Waals surface area contributed by atoms with Crippen LogP contribution in [0, 0.1) is 0 Å². The largest absolute Gasteiger partial charge is 0.384 e. The van der Waals surface area contributed by atoms with Gasteiger partial charge in [0.1, 0.15) is 26.7 Å². The number of ether oxygens (including phenoxy) is 1. The third-order valence-corrected chi connectivity index (χ3v) is 3.98. The Labute approximate surface area is 138 Å². The Morgan fingerprint density at radius 1 is 1.20 bits per heavy atom. The first-order chi connectivity index (χ1) is 9.52. The van der Waals surface area contributed by atoms with Gasteiger partial charge in [-0.25, -0.2) is 9.97 Å². The molecule has 0 aliphatic carbocycles. The minimum Gasteiger partial charge on any atom is -0.384 e. The highest BCUT2D eigenvalue weighted by atomic mass is 79.9. The minimum absolute atomic E-state index is 0.153. The van der Waals surface area contributed by atoms with E-state index in [1.54, 1.807) is 12.1 Å². The van der Waals surface area contributed by atoms with Crippen molar-refractivity contribution in [3.63, 3.8) is 0 Å². The Hall–Kier alpha value is -0.530. The molecule has 0 saturated heterocycles. The maximum absolute atomic E-state index is 9.93. The lowest BCUT2D eigenvalue weighted by Gasteiger charge is -2.13. The van der Waals surface area contributed by atoms with E-state index in [1.165, 1.54) is 7.11 Å². The number of nitrogens with zero attached hydrogens (tertiary/aromatic N) is 2. The number of benzene rings is 1. The topological polar surface area (TPSA) is 55.2 Å². The standard InChI is InChI=1S/C13H11Br2ClN2O2/c1-20-6-9(19)11-13(15)17-10(12(14)18-11)7-2-4-8(16)5-3-7/h2-5,9,19H,6H2,1H3. The molecule has 1 N–H and O–H groups in total. The molecule has 2 rings (SSSR count). The number of hydrogen-bond acceptors (Lipinski definition) is 4. The first kappa shape index (κ1) is 15.9. The first-order valence-corrected chi connectivity index (χ1v) is 7.65. The molecule has 0 bridgehead atoms. The minimum atomic E-state index is -0.836. The fourth-order valence-electron chi connectivity index (χ4n) is 1.65. The average Bonchev–Trinajstić information content (AvgIpc) is 2.42. The van der Waals surface area contributed by atoms with Crippen LogP contribution in [0.15, 0.2) is 33.5 Å². The summed E-state index contributed by atoms with van der Waals surface area (Å²) in [5.74, 6) is 0. The molecular weight excluding hydrogens is 411 g/mol. The van der Waals surface area contributed by atoms with E-state index >= 15 is 0 Å². The lowest BCUT2D eigenvalue weighted by Crippen LogP contribution is -2.10. The molecule has 7 heteroatoms. The zero-order chi connectivity index (χ0) is 14.7. The number of hydrogen-bond donors (Lipinski definition) is 1. The van der Waals surface area contributed by atoms with Crippen molar-refractivity contribution in [2.75, 3.05) is 13.7 Å². The van der Waals surface area contributed by atoms with E-state index in [4.69, 9.17) is 16.3 Å². The lowest BCUT2D eigenvalue weighted by molar-refractivity contribution is 0.0608. The number of aliphatic hydroxyl groups excluding tert-OH is 1. The van der Waals surface area contributed by atoms with Gasteiger partial charge in [0.15, 0.2) is 0 Å². The summed E-state index contributed by atoms with van der Waals surface area (Å²) in [4.78, 5) is 8.76. The van der Waals surface area contributed by atoms with Crippen molar-refractivity contribution in [3.05, 3.63) is 44.2 Å². The number of methoxy groups -OCH3 is 1. The highest BCUT2D eigenvalue weighted by molar-refractivity contribution is 9.11. The Bertz CT molecular complexity index is 608. The maximum atomic E-state index is 9.93. The van der Waals surface area contributed by atoms with Gasteiger partial charge in [-0.2, -0.15) is 0 Å². The predicted molar refractivity (Wildman–Crippen MR) is 84.7 cm³/mol. The molecule has 2 aromatic rings. The van der Waals surface area contributed by atoms with E-state index < -0.39 is 6.10 Å². The van der Waals surface area contributed by atoms with E-state index in [1.807, 2.05) is 12.1 Å². The molecule has 4 nitrogen and oxygen atoms in total. The van der Waals surface area contributed by atoms with Crippen LogP contribution >= 0.6 is 43.5 Å². The summed E-state index contributed by atoms with van der Waals surface area (Å²) in [6.07, 6.45) is -0.836. The Kier molecular flexibility index (Phi) is 5.51. The molecule has 1 aromatic heterocycles. The smallest absolute Gasteiger partial charge is 0.132 e. The van der Waals surface area contributed by atoms with Crippen LogP contribution < -0.4 is 0 Å². The lowest BCUT2D eigenvalue weighted by atomic mass is 10.1. The van der Waals surface area contributed by atoms with Crippen LogP contribution in [0.1, 0.15) is 11.8 Å². The molecule has 106 valence electrons. The Balaban J connectivity index is 2.42. The number of rotatable bonds is 4. The van der Waals surface area contributed by atoms with Crippen molar-refractivity contribution in [1.29, 1.82) is 0 Å². The van der Waals surface area contributed by atoms with Gasteiger partial charge < -0.3 is 9.84 Å². The van der Waals surface area contributed by atoms with Gasteiger partial charge in [0.2, 0.25) is 0 Å². The van der Waals surface area contributed by atoms with Crippen LogP contribution in [0.5, 0.6) is 0 Å². The SMILES string of the molecule is COCC(O)c1nc(Br)c(-c2ccc(Cl)cc2)nc1Br. The second-order valence-electron chi connectivity index (χ2n) is 4.02. The van der Waals surface area contributed by atoms with E-state index in [0.717, 1.165) is 5.56 Å². The van der Waals surface area contributed by atoms with Crippen LogP contribution in [0.4, 0.5) is 0 Å². The molecular formula is C13H11Br2ClN2O2. The summed E-state index contributed by atoms with van der Waals surface area (Å²) in [7, 11) is 1.52. The van der Waals surface area contributed by atoms with Gasteiger partial charge in [-0.3, -0.25) is 0 Å². The highest BCUT2D eigenvalue weighted by Gasteiger charge is 2.18. The quantitative estimate of drug-likeness (QED) is 0.809. The van der Waals surface area contributed by atoms with Gasteiger partial charge in [-0.05, 0) is 44.0 Å². The number of aliphatic hydroxyl groups is 1. The van der Waals surface area contributed by atoms with Gasteiger partial charge >= 0.3 is 0 Å². The fraction of sp³-hybridized carbons (Fsp3) is 0.231. The number of halogens is 3. The van der Waals surface area contributed by atoms with Gasteiger partial charge in [0.25, 0.3) is 0 Å². The van der Waals surface area contributed by atoms with Crippen molar-refractivity contribution in [2.24, 2.45) is 0 Å². The second-order valence-corrected chi connectivity index (χ2v) is 5.96. The molecule has 0 fully saturated rings. The summed E-state index contributed by atoms with van der Waals surface area (Å²) in [6, 6.07) is 7.28. The Morgan fingerprint density at radius 3 is 2.45 bits per heavy atom. The summed E-state index contributed by atoms with van der Waals surface area (Å²) in [5, 5.41) is 10.6. The molecule has 0 radical (unpaired) electrons. The molecule has 1 aromatic carbocycles. The van der Waals surface area contributed by atoms with E-state index in [2.05, 4.69) is 41.8 Å². The van der Waals surface area contributed by atoms with Crippen molar-refractivity contribution in [2.45, 2.75) is 6.10 Å². The van der Waals surface area contributed by atoms with Crippen molar-refractivity contribution >= 4 is 43.5 Å². The molecule has 1 heterocycles. The van der Waals surface area contributed by atoms with Crippen LogP contribution in [0.2, 0.25) is 5.02 Å². The van der Waals surface area contributed by atoms with E-state index in [0.29, 0.717) is 25.6 Å². The summed E-state index contributed by atoms with van der Waals surface area (Å²) in [5.41, 5.74) is 1.97. The van der Waals surface area contributed by atoms with Gasteiger partial charge in [0, 0.05) is 17.7 Å². The van der Waals surface area contributed by atoms with E-state index in [9.17, 15) is 5.11 Å². The molecule has 0 aliphatic rings. The predicted octanol–water partition coefficient (Wildman–Crippen LogP) is 4.00. The summed E-state index contributed by atoms with van der Waals surface area (Å²) in [6.45, 7) is 0.153. The molecule has 1 unspecified atom stereocenters. The zero-order valence-electron chi connectivity index (χ0n) is 10.5. The van der Waals surface area contributed by atoms with Crippen molar-refractivity contribution in [1.82, 2.24) is 9.97 Å². The molecule has 0 amide bonds. The highest BCUT2D eigenvalue weighted by Crippen LogP contribution is 2.30. The first-order valence-electron chi connectivity index (χ1n) is 5.68. The van der Waals surface area contributed by atoms with Gasteiger partial charge in [0.05, 0.1) is 6.61 Å². The van der Waals surface area contributed by atoms with Crippen molar-refractivity contribution in [3.8, 4) is 11.3 Å². The Morgan fingerprint density at radius 2 is 1.85 bits per heavy atom. The van der Waals surface area contributed by atoms with Crippen LogP contribution in [-0.4, -0.2) is 28.8 Å². The number of aromatic nitrogens is 2. The average molecular weight is 423 g/mol. The third-order valence-electron chi connectivity index (χ3n) is 2.59. The third kappa shape index (κ3) is 3.56. The molecule has 0 aliphatic heterocycles. The van der Waals surface area contributed by atoms with Crippen LogP contribution in [-0.2, 0) is 4.74 Å². The normalized spacial score (nSPS) is 12.4. The van der Waals surface area contributed by atoms with Gasteiger partial charge in [-0.1, -0.05) is 23.7 Å². The molecule has 1 atom stereocenters. The maximum Gasteiger partial charge on any atom is 0.132 e. The molecule has 0 saturated carbocycles. The fourth-order valence-corrected chi connectivity index (χ4v) is 2.81. The summed E-state index contributed by atoms with van der Waals surface area (Å²) >= 11 is 12.6. The molecule has 0 spiro atoms.